The highest BCUT2D eigenvalue weighted by Gasteiger charge is 2.15. The van der Waals surface area contributed by atoms with E-state index in [1.807, 2.05) is 6.07 Å². The van der Waals surface area contributed by atoms with E-state index in [0.717, 1.165) is 4.47 Å². The number of rotatable bonds is 2. The highest BCUT2D eigenvalue weighted by Crippen LogP contribution is 2.19. The summed E-state index contributed by atoms with van der Waals surface area (Å²) in [6.45, 7) is 0. The number of thiol groups is 1. The predicted octanol–water partition coefficient (Wildman–Crippen LogP) is 2.22. The molecule has 2 heterocycles. The number of aromatic carboxylic acids is 1. The molecule has 0 saturated heterocycles. The van der Waals surface area contributed by atoms with Gasteiger partial charge in [0.2, 0.25) is 0 Å². The number of carboxylic acid groups (broad SMARTS) is 1. The van der Waals surface area contributed by atoms with E-state index in [0.29, 0.717) is 17.1 Å². The van der Waals surface area contributed by atoms with Gasteiger partial charge in [0.05, 0.1) is 5.52 Å². The molecule has 0 unspecified atom stereocenters. The van der Waals surface area contributed by atoms with E-state index in [1.54, 1.807) is 16.7 Å². The number of carbonyl (C=O) groups is 1. The largest absolute Gasteiger partial charge is 0.476 e. The van der Waals surface area contributed by atoms with E-state index < -0.39 is 5.97 Å². The first-order chi connectivity index (χ1) is 7.13. The zero-order valence-corrected chi connectivity index (χ0v) is 9.99. The molecule has 0 aliphatic carbocycles. The lowest BCUT2D eigenvalue weighted by molar-refractivity contribution is 0.0693. The van der Waals surface area contributed by atoms with Crippen LogP contribution in [0.4, 0.5) is 0 Å². The van der Waals surface area contributed by atoms with Crippen molar-refractivity contribution in [2.24, 2.45) is 0 Å². The molecule has 0 spiro atoms. The van der Waals surface area contributed by atoms with Crippen LogP contribution in [0.1, 0.15) is 16.3 Å². The standard InChI is InChI=1S/C9H7BrN2O2S/c10-5-1-2-12-6(3-5)8(9(13)14)11-7(12)4-15/h1-3,15H,4H2,(H,13,14). The average molecular weight is 287 g/mol. The Hall–Kier alpha value is -1.01. The summed E-state index contributed by atoms with van der Waals surface area (Å²) in [7, 11) is 0. The number of pyridine rings is 1. The van der Waals surface area contributed by atoms with Gasteiger partial charge in [0, 0.05) is 16.4 Å². The van der Waals surface area contributed by atoms with E-state index in [9.17, 15) is 4.79 Å². The summed E-state index contributed by atoms with van der Waals surface area (Å²) in [6.07, 6.45) is 1.77. The van der Waals surface area contributed by atoms with Gasteiger partial charge in [-0.3, -0.25) is 0 Å². The lowest BCUT2D eigenvalue weighted by atomic mass is 10.3. The SMILES string of the molecule is O=C(O)c1nc(CS)n2ccc(Br)cc12. The zero-order chi connectivity index (χ0) is 11.0. The maximum atomic E-state index is 10.9. The fourth-order valence-electron chi connectivity index (χ4n) is 1.39. The van der Waals surface area contributed by atoms with Gasteiger partial charge in [0.1, 0.15) is 5.82 Å². The van der Waals surface area contributed by atoms with Crippen molar-refractivity contribution in [1.82, 2.24) is 9.38 Å². The second-order valence-electron chi connectivity index (χ2n) is 2.94. The Morgan fingerprint density at radius 3 is 3.00 bits per heavy atom. The van der Waals surface area contributed by atoms with Crippen molar-refractivity contribution in [3.63, 3.8) is 0 Å². The van der Waals surface area contributed by atoms with Gasteiger partial charge in [-0.2, -0.15) is 12.6 Å². The third-order valence-corrected chi connectivity index (χ3v) is 2.80. The number of carboxylic acids is 1. The number of fused-ring (bicyclic) bond motifs is 1. The molecular formula is C9H7BrN2O2S. The van der Waals surface area contributed by atoms with E-state index in [-0.39, 0.29) is 5.69 Å². The number of nitrogens with zero attached hydrogens (tertiary/aromatic N) is 2. The minimum Gasteiger partial charge on any atom is -0.476 e. The van der Waals surface area contributed by atoms with Crippen LogP contribution in [-0.4, -0.2) is 20.5 Å². The molecule has 0 atom stereocenters. The number of aromatic nitrogens is 2. The minimum atomic E-state index is -1.03. The van der Waals surface area contributed by atoms with Gasteiger partial charge in [-0.1, -0.05) is 15.9 Å². The van der Waals surface area contributed by atoms with Crippen molar-refractivity contribution in [2.75, 3.05) is 0 Å². The smallest absolute Gasteiger partial charge is 0.356 e. The highest BCUT2D eigenvalue weighted by atomic mass is 79.9. The molecule has 0 aliphatic rings. The van der Waals surface area contributed by atoms with Crippen LogP contribution >= 0.6 is 28.6 Å². The molecule has 0 fully saturated rings. The summed E-state index contributed by atoms with van der Waals surface area (Å²) < 4.78 is 2.55. The van der Waals surface area contributed by atoms with Gasteiger partial charge in [-0.15, -0.1) is 0 Å². The van der Waals surface area contributed by atoms with Gasteiger partial charge >= 0.3 is 5.97 Å². The Morgan fingerprint density at radius 1 is 1.67 bits per heavy atom. The van der Waals surface area contributed by atoms with E-state index in [2.05, 4.69) is 33.5 Å². The maximum absolute atomic E-state index is 10.9. The molecule has 6 heteroatoms. The van der Waals surface area contributed by atoms with Crippen molar-refractivity contribution in [3.05, 3.63) is 34.3 Å². The average Bonchev–Trinajstić information content (AvgIpc) is 2.55. The first-order valence-corrected chi connectivity index (χ1v) is 5.56. The second kappa shape index (κ2) is 3.86. The summed E-state index contributed by atoms with van der Waals surface area (Å²) in [4.78, 5) is 15.0. The monoisotopic (exact) mass is 286 g/mol. The van der Waals surface area contributed by atoms with Gasteiger partial charge in [-0.05, 0) is 12.1 Å². The maximum Gasteiger partial charge on any atom is 0.356 e. The molecule has 4 nitrogen and oxygen atoms in total. The molecule has 1 N–H and O–H groups in total. The molecule has 2 aromatic heterocycles. The van der Waals surface area contributed by atoms with Crippen LogP contribution in [0.25, 0.3) is 5.52 Å². The molecule has 0 saturated carbocycles. The molecule has 0 aliphatic heterocycles. The third kappa shape index (κ3) is 1.74. The third-order valence-electron chi connectivity index (χ3n) is 2.02. The first-order valence-electron chi connectivity index (χ1n) is 4.14. The van der Waals surface area contributed by atoms with Crippen molar-refractivity contribution in [1.29, 1.82) is 0 Å². The van der Waals surface area contributed by atoms with Crippen molar-refractivity contribution in [2.45, 2.75) is 5.75 Å². The Balaban J connectivity index is 2.81. The lowest BCUT2D eigenvalue weighted by Gasteiger charge is -1.97. The van der Waals surface area contributed by atoms with E-state index >= 15 is 0 Å². The summed E-state index contributed by atoms with van der Waals surface area (Å²) in [5.41, 5.74) is 0.626. The van der Waals surface area contributed by atoms with Crippen LogP contribution in [0.5, 0.6) is 0 Å². The fraction of sp³-hybridized carbons (Fsp3) is 0.111. The van der Waals surface area contributed by atoms with Crippen molar-refractivity contribution >= 4 is 40.0 Å². The molecule has 2 aromatic rings. The van der Waals surface area contributed by atoms with Crippen molar-refractivity contribution < 1.29 is 9.90 Å². The lowest BCUT2D eigenvalue weighted by Crippen LogP contribution is -1.97. The van der Waals surface area contributed by atoms with Crippen LogP contribution in [0.3, 0.4) is 0 Å². The van der Waals surface area contributed by atoms with Crippen LogP contribution in [-0.2, 0) is 5.75 Å². The first kappa shape index (κ1) is 10.5. The minimum absolute atomic E-state index is 0.0559. The topological polar surface area (TPSA) is 54.6 Å². The van der Waals surface area contributed by atoms with Crippen molar-refractivity contribution in [3.8, 4) is 0 Å². The quantitative estimate of drug-likeness (QED) is 0.833. The van der Waals surface area contributed by atoms with Gasteiger partial charge in [0.25, 0.3) is 0 Å². The summed E-state index contributed by atoms with van der Waals surface area (Å²) in [5, 5.41) is 8.97. The molecule has 0 amide bonds. The molecule has 0 radical (unpaired) electrons. The van der Waals surface area contributed by atoms with Gasteiger partial charge in [-0.25, -0.2) is 9.78 Å². The van der Waals surface area contributed by atoms with Crippen LogP contribution in [0.2, 0.25) is 0 Å². The summed E-state index contributed by atoms with van der Waals surface area (Å²) in [6, 6.07) is 3.55. The van der Waals surface area contributed by atoms with Crippen LogP contribution in [0.15, 0.2) is 22.8 Å². The number of imidazole rings is 1. The fourth-order valence-corrected chi connectivity index (χ4v) is 1.95. The Morgan fingerprint density at radius 2 is 2.40 bits per heavy atom. The molecular weight excluding hydrogens is 280 g/mol. The highest BCUT2D eigenvalue weighted by molar-refractivity contribution is 9.10. The Kier molecular flexibility index (Phi) is 2.70. The molecule has 0 aromatic carbocycles. The van der Waals surface area contributed by atoms with Crippen LogP contribution in [0, 0.1) is 0 Å². The molecule has 0 bridgehead atoms. The zero-order valence-electron chi connectivity index (χ0n) is 7.51. The van der Waals surface area contributed by atoms with Gasteiger partial charge in [0.15, 0.2) is 5.69 Å². The number of hydrogen-bond donors (Lipinski definition) is 2. The second-order valence-corrected chi connectivity index (χ2v) is 4.17. The number of hydrogen-bond acceptors (Lipinski definition) is 3. The Bertz CT molecular complexity index is 538. The molecule has 78 valence electrons. The molecule has 2 rings (SSSR count). The van der Waals surface area contributed by atoms with E-state index in [1.165, 1.54) is 0 Å². The van der Waals surface area contributed by atoms with Gasteiger partial charge < -0.3 is 9.51 Å². The Labute approximate surface area is 99.5 Å². The summed E-state index contributed by atoms with van der Waals surface area (Å²) in [5.74, 6) is -0.00679. The number of halogens is 1. The van der Waals surface area contributed by atoms with Crippen LogP contribution < -0.4 is 0 Å². The molecule has 15 heavy (non-hydrogen) atoms. The summed E-state index contributed by atoms with van der Waals surface area (Å²) >= 11 is 7.40. The predicted molar refractivity (Wildman–Crippen MR) is 62.5 cm³/mol. The normalized spacial score (nSPS) is 10.8. The van der Waals surface area contributed by atoms with E-state index in [4.69, 9.17) is 5.11 Å².